The Labute approximate surface area is 172 Å². The normalized spacial score (nSPS) is 19.0. The lowest BCUT2D eigenvalue weighted by atomic mass is 10.2. The van der Waals surface area contributed by atoms with Gasteiger partial charge >= 0.3 is 0 Å². The number of amides is 2. The number of nitrogens with zero attached hydrogens (tertiary/aromatic N) is 3. The van der Waals surface area contributed by atoms with E-state index < -0.39 is 0 Å². The minimum atomic E-state index is -0.300. The fraction of sp³-hybridized carbons (Fsp3) is 0.421. The maximum Gasteiger partial charge on any atom is 0.272 e. The predicted molar refractivity (Wildman–Crippen MR) is 105 cm³/mol. The molecule has 2 amide bonds. The Morgan fingerprint density at radius 1 is 1.29 bits per heavy atom. The van der Waals surface area contributed by atoms with Gasteiger partial charge < -0.3 is 15.0 Å². The first-order valence-electron chi connectivity index (χ1n) is 9.23. The quantitative estimate of drug-likeness (QED) is 0.803. The van der Waals surface area contributed by atoms with Gasteiger partial charge in [-0.3, -0.25) is 14.3 Å². The van der Waals surface area contributed by atoms with Gasteiger partial charge in [-0.2, -0.15) is 5.10 Å². The van der Waals surface area contributed by atoms with Crippen LogP contribution in [0.2, 0.25) is 10.0 Å². The zero-order chi connectivity index (χ0) is 19.7. The van der Waals surface area contributed by atoms with E-state index >= 15 is 0 Å². The molecule has 3 heterocycles. The predicted octanol–water partition coefficient (Wildman–Crippen LogP) is 2.75. The number of hydrogen-bond donors (Lipinski definition) is 1. The molecule has 2 aliphatic heterocycles. The van der Waals surface area contributed by atoms with Crippen LogP contribution in [0.1, 0.15) is 39.4 Å². The molecule has 1 aromatic heterocycles. The lowest BCUT2D eigenvalue weighted by molar-refractivity contribution is 0.0683. The van der Waals surface area contributed by atoms with Gasteiger partial charge in [0.25, 0.3) is 11.8 Å². The van der Waals surface area contributed by atoms with Crippen LogP contribution in [0.3, 0.4) is 0 Å². The van der Waals surface area contributed by atoms with Crippen LogP contribution in [0, 0.1) is 0 Å². The molecule has 0 spiro atoms. The molecule has 0 radical (unpaired) electrons. The standard InChI is InChI=1S/C19H20Cl2N4O3/c20-14-4-1-5-15(21)13(14)11-24-6-7-25-17(19(24)27)9-16(23-25)18(26)22-10-12-3-2-8-28-12/h1,4-5,9,12H,2-3,6-8,10-11H2,(H,22,26)/t12-/m0/s1. The number of rotatable bonds is 5. The van der Waals surface area contributed by atoms with Gasteiger partial charge in [0, 0.05) is 47.9 Å². The molecule has 1 saturated heterocycles. The van der Waals surface area contributed by atoms with E-state index in [0.717, 1.165) is 19.4 Å². The summed E-state index contributed by atoms with van der Waals surface area (Å²) >= 11 is 12.5. The van der Waals surface area contributed by atoms with Crippen LogP contribution in [-0.4, -0.2) is 52.3 Å². The van der Waals surface area contributed by atoms with Crippen LogP contribution < -0.4 is 5.32 Å². The molecule has 1 N–H and O–H groups in total. The third-order valence-corrected chi connectivity index (χ3v) is 5.73. The largest absolute Gasteiger partial charge is 0.376 e. The number of carbonyl (C=O) groups is 2. The Bertz CT molecular complexity index is 888. The van der Waals surface area contributed by atoms with Crippen LogP contribution in [0.25, 0.3) is 0 Å². The zero-order valence-corrected chi connectivity index (χ0v) is 16.7. The summed E-state index contributed by atoms with van der Waals surface area (Å²) in [5.74, 6) is -0.501. The van der Waals surface area contributed by atoms with Crippen molar-refractivity contribution in [1.29, 1.82) is 0 Å². The molecule has 1 fully saturated rings. The third-order valence-electron chi connectivity index (χ3n) is 5.03. The molecule has 28 heavy (non-hydrogen) atoms. The second kappa shape index (κ2) is 8.11. The number of carbonyl (C=O) groups excluding carboxylic acids is 2. The van der Waals surface area contributed by atoms with Crippen molar-refractivity contribution in [1.82, 2.24) is 20.0 Å². The molecule has 9 heteroatoms. The SMILES string of the molecule is O=C(NC[C@@H]1CCCO1)c1cc2n(n1)CCN(Cc1c(Cl)cccc1Cl)C2=O. The van der Waals surface area contributed by atoms with Gasteiger partial charge in [0.05, 0.1) is 12.6 Å². The second-order valence-corrected chi connectivity index (χ2v) is 7.72. The van der Waals surface area contributed by atoms with Crippen LogP contribution in [0.4, 0.5) is 0 Å². The lowest BCUT2D eigenvalue weighted by Gasteiger charge is -2.28. The first kappa shape index (κ1) is 19.2. The molecule has 7 nitrogen and oxygen atoms in total. The van der Waals surface area contributed by atoms with E-state index in [2.05, 4.69) is 10.4 Å². The molecule has 148 valence electrons. The van der Waals surface area contributed by atoms with E-state index in [0.29, 0.717) is 47.5 Å². The number of aromatic nitrogens is 2. The molecule has 1 atom stereocenters. The minimum absolute atomic E-state index is 0.0543. The van der Waals surface area contributed by atoms with Crippen LogP contribution in [-0.2, 0) is 17.8 Å². The molecule has 0 unspecified atom stereocenters. The molecule has 2 aliphatic rings. The molecular formula is C19H20Cl2N4O3. The van der Waals surface area contributed by atoms with Crippen molar-refractivity contribution in [2.75, 3.05) is 19.7 Å². The van der Waals surface area contributed by atoms with Gasteiger partial charge in [-0.25, -0.2) is 0 Å². The Morgan fingerprint density at radius 3 is 2.79 bits per heavy atom. The van der Waals surface area contributed by atoms with Crippen molar-refractivity contribution in [3.8, 4) is 0 Å². The van der Waals surface area contributed by atoms with Gasteiger partial charge in [-0.15, -0.1) is 0 Å². The average Bonchev–Trinajstić information content (AvgIpc) is 3.34. The summed E-state index contributed by atoms with van der Waals surface area (Å²) in [6.45, 7) is 2.46. The monoisotopic (exact) mass is 422 g/mol. The van der Waals surface area contributed by atoms with E-state index in [1.54, 1.807) is 27.8 Å². The number of fused-ring (bicyclic) bond motifs is 1. The summed E-state index contributed by atoms with van der Waals surface area (Å²) < 4.78 is 7.08. The molecule has 1 aromatic carbocycles. The van der Waals surface area contributed by atoms with Gasteiger partial charge in [0.1, 0.15) is 5.69 Å². The molecule has 0 bridgehead atoms. The summed E-state index contributed by atoms with van der Waals surface area (Å²) in [5, 5.41) is 8.16. The number of nitrogens with one attached hydrogen (secondary N) is 1. The van der Waals surface area contributed by atoms with Crippen molar-refractivity contribution in [2.24, 2.45) is 0 Å². The number of halogens is 2. The average molecular weight is 423 g/mol. The van der Waals surface area contributed by atoms with Crippen molar-refractivity contribution >= 4 is 35.0 Å². The van der Waals surface area contributed by atoms with E-state index in [4.69, 9.17) is 27.9 Å². The highest BCUT2D eigenvalue weighted by Crippen LogP contribution is 2.27. The Hall–Kier alpha value is -2.09. The Kier molecular flexibility index (Phi) is 5.57. The highest BCUT2D eigenvalue weighted by atomic mass is 35.5. The van der Waals surface area contributed by atoms with E-state index in [9.17, 15) is 9.59 Å². The molecule has 0 saturated carbocycles. The number of hydrogen-bond acceptors (Lipinski definition) is 4. The minimum Gasteiger partial charge on any atom is -0.376 e. The fourth-order valence-electron chi connectivity index (χ4n) is 3.48. The van der Waals surface area contributed by atoms with Crippen molar-refractivity contribution in [2.45, 2.75) is 32.0 Å². The topological polar surface area (TPSA) is 76.5 Å². The first-order valence-corrected chi connectivity index (χ1v) is 9.98. The molecule has 2 aromatic rings. The number of benzene rings is 1. The van der Waals surface area contributed by atoms with Gasteiger partial charge in [-0.05, 0) is 25.0 Å². The third kappa shape index (κ3) is 3.87. The summed E-state index contributed by atoms with van der Waals surface area (Å²) in [6, 6.07) is 6.80. The van der Waals surface area contributed by atoms with Crippen molar-refractivity contribution in [3.63, 3.8) is 0 Å². The van der Waals surface area contributed by atoms with Crippen molar-refractivity contribution in [3.05, 3.63) is 51.3 Å². The second-order valence-electron chi connectivity index (χ2n) is 6.91. The Balaban J connectivity index is 1.45. The first-order chi connectivity index (χ1) is 13.5. The van der Waals surface area contributed by atoms with Crippen LogP contribution >= 0.6 is 23.2 Å². The molecule has 0 aliphatic carbocycles. The summed E-state index contributed by atoms with van der Waals surface area (Å²) in [5.41, 5.74) is 1.33. The van der Waals surface area contributed by atoms with Crippen LogP contribution in [0.5, 0.6) is 0 Å². The van der Waals surface area contributed by atoms with E-state index in [1.165, 1.54) is 6.07 Å². The van der Waals surface area contributed by atoms with Gasteiger partial charge in [0.15, 0.2) is 5.69 Å². The summed E-state index contributed by atoms with van der Waals surface area (Å²) in [6.07, 6.45) is 2.01. The lowest BCUT2D eigenvalue weighted by Crippen LogP contribution is -2.39. The zero-order valence-electron chi connectivity index (χ0n) is 15.2. The number of ether oxygens (including phenoxy) is 1. The summed E-state index contributed by atoms with van der Waals surface area (Å²) in [4.78, 5) is 26.9. The van der Waals surface area contributed by atoms with Crippen LogP contribution in [0.15, 0.2) is 24.3 Å². The maximum atomic E-state index is 12.9. The van der Waals surface area contributed by atoms with Gasteiger partial charge in [-0.1, -0.05) is 29.3 Å². The smallest absolute Gasteiger partial charge is 0.272 e. The van der Waals surface area contributed by atoms with Gasteiger partial charge in [0.2, 0.25) is 0 Å². The summed E-state index contributed by atoms with van der Waals surface area (Å²) in [7, 11) is 0. The highest BCUT2D eigenvalue weighted by molar-refractivity contribution is 6.36. The van der Waals surface area contributed by atoms with E-state index in [1.807, 2.05) is 0 Å². The maximum absolute atomic E-state index is 12.9. The van der Waals surface area contributed by atoms with E-state index in [-0.39, 0.29) is 23.6 Å². The fourth-order valence-corrected chi connectivity index (χ4v) is 3.99. The highest BCUT2D eigenvalue weighted by Gasteiger charge is 2.29. The molecule has 4 rings (SSSR count). The van der Waals surface area contributed by atoms with Crippen molar-refractivity contribution < 1.29 is 14.3 Å². The molecular weight excluding hydrogens is 403 g/mol. The Morgan fingerprint density at radius 2 is 2.07 bits per heavy atom.